The van der Waals surface area contributed by atoms with Crippen LogP contribution in [0.4, 0.5) is 0 Å². The number of nitrogens with one attached hydrogen (secondary N) is 2. The third-order valence-electron chi connectivity index (χ3n) is 5.14. The summed E-state index contributed by atoms with van der Waals surface area (Å²) in [7, 11) is 0. The van der Waals surface area contributed by atoms with Crippen LogP contribution in [0.1, 0.15) is 46.9 Å². The summed E-state index contributed by atoms with van der Waals surface area (Å²) in [6.45, 7) is 3.61. The van der Waals surface area contributed by atoms with Gasteiger partial charge in [-0.05, 0) is 25.0 Å². The van der Waals surface area contributed by atoms with Crippen molar-refractivity contribution in [3.8, 4) is 0 Å². The van der Waals surface area contributed by atoms with E-state index in [1.807, 2.05) is 35.2 Å². The van der Waals surface area contributed by atoms with E-state index in [-0.39, 0.29) is 17.7 Å². The maximum atomic E-state index is 13.0. The van der Waals surface area contributed by atoms with Crippen molar-refractivity contribution in [3.05, 3.63) is 52.1 Å². The zero-order valence-corrected chi connectivity index (χ0v) is 16.7. The molecule has 0 aliphatic carbocycles. The summed E-state index contributed by atoms with van der Waals surface area (Å²) in [4.78, 5) is 33.9. The number of carbonyl (C=O) groups excluding carboxylic acids is 2. The van der Waals surface area contributed by atoms with E-state index in [2.05, 4.69) is 15.7 Å². The van der Waals surface area contributed by atoms with E-state index in [0.717, 1.165) is 47.4 Å². The number of thiazole rings is 1. The molecule has 28 heavy (non-hydrogen) atoms. The first-order valence-corrected chi connectivity index (χ1v) is 10.5. The molecule has 1 aliphatic heterocycles. The van der Waals surface area contributed by atoms with E-state index in [1.54, 1.807) is 11.3 Å². The largest absolute Gasteiger partial charge is 0.356 e. The Kier molecular flexibility index (Phi) is 5.43. The Hall–Kier alpha value is -2.67. The lowest BCUT2D eigenvalue weighted by molar-refractivity contribution is -0.118. The second kappa shape index (κ2) is 8.14. The van der Waals surface area contributed by atoms with Crippen molar-refractivity contribution in [3.63, 3.8) is 0 Å². The van der Waals surface area contributed by atoms with Gasteiger partial charge in [0.2, 0.25) is 5.91 Å². The first kappa shape index (κ1) is 18.7. The number of nitrogens with zero attached hydrogens (tertiary/aromatic N) is 2. The van der Waals surface area contributed by atoms with Crippen LogP contribution in [0.2, 0.25) is 0 Å². The number of para-hydroxylation sites is 1. The van der Waals surface area contributed by atoms with Crippen molar-refractivity contribution in [1.82, 2.24) is 20.2 Å². The molecule has 3 aromatic rings. The van der Waals surface area contributed by atoms with Gasteiger partial charge in [-0.2, -0.15) is 0 Å². The summed E-state index contributed by atoms with van der Waals surface area (Å²) in [6, 6.07) is 9.89. The lowest BCUT2D eigenvalue weighted by Gasteiger charge is -2.31. The van der Waals surface area contributed by atoms with E-state index in [9.17, 15) is 9.59 Å². The molecule has 0 spiro atoms. The van der Waals surface area contributed by atoms with Gasteiger partial charge in [-0.15, -0.1) is 11.3 Å². The Labute approximate surface area is 168 Å². The number of piperidine rings is 1. The van der Waals surface area contributed by atoms with Gasteiger partial charge in [0.1, 0.15) is 5.69 Å². The van der Waals surface area contributed by atoms with E-state index >= 15 is 0 Å². The predicted molar refractivity (Wildman–Crippen MR) is 111 cm³/mol. The highest BCUT2D eigenvalue weighted by Crippen LogP contribution is 2.30. The molecule has 1 aliphatic rings. The van der Waals surface area contributed by atoms with Gasteiger partial charge in [0.15, 0.2) is 0 Å². The summed E-state index contributed by atoms with van der Waals surface area (Å²) in [5, 5.41) is 7.02. The van der Waals surface area contributed by atoms with Crippen LogP contribution in [0.25, 0.3) is 10.9 Å². The number of rotatable bonds is 5. The minimum atomic E-state index is -0.0196. The van der Waals surface area contributed by atoms with Gasteiger partial charge >= 0.3 is 0 Å². The number of carbonyl (C=O) groups is 2. The second-order valence-corrected chi connectivity index (χ2v) is 8.16. The summed E-state index contributed by atoms with van der Waals surface area (Å²) < 4.78 is 0. The fourth-order valence-electron chi connectivity index (χ4n) is 3.71. The molecule has 146 valence electrons. The van der Waals surface area contributed by atoms with Gasteiger partial charge in [-0.3, -0.25) is 9.59 Å². The number of hydrogen-bond acceptors (Lipinski definition) is 4. The Morgan fingerprint density at radius 2 is 2.21 bits per heavy atom. The monoisotopic (exact) mass is 396 g/mol. The van der Waals surface area contributed by atoms with Gasteiger partial charge < -0.3 is 15.2 Å². The lowest BCUT2D eigenvalue weighted by atomic mass is 9.98. The average Bonchev–Trinajstić information content (AvgIpc) is 3.34. The molecule has 7 heteroatoms. The van der Waals surface area contributed by atoms with Gasteiger partial charge in [-0.1, -0.05) is 18.2 Å². The minimum Gasteiger partial charge on any atom is -0.356 e. The Morgan fingerprint density at radius 3 is 3.04 bits per heavy atom. The average molecular weight is 397 g/mol. The zero-order valence-electron chi connectivity index (χ0n) is 15.9. The van der Waals surface area contributed by atoms with Gasteiger partial charge in [-0.25, -0.2) is 4.98 Å². The molecule has 0 bridgehead atoms. The molecule has 0 radical (unpaired) electrons. The van der Waals surface area contributed by atoms with Crippen molar-refractivity contribution in [2.45, 2.75) is 32.1 Å². The van der Waals surface area contributed by atoms with Crippen molar-refractivity contribution in [2.24, 2.45) is 0 Å². The van der Waals surface area contributed by atoms with Crippen molar-refractivity contribution >= 4 is 34.1 Å². The molecule has 1 saturated heterocycles. The molecule has 3 heterocycles. The molecular weight excluding hydrogens is 372 g/mol. The molecule has 2 N–H and O–H groups in total. The molecule has 0 unspecified atom stereocenters. The summed E-state index contributed by atoms with van der Waals surface area (Å²) in [5.41, 5.74) is 2.65. The van der Waals surface area contributed by atoms with Crippen LogP contribution in [-0.4, -0.2) is 46.3 Å². The molecule has 1 fully saturated rings. The summed E-state index contributed by atoms with van der Waals surface area (Å²) in [5.74, 6) is 0.318. The Morgan fingerprint density at radius 1 is 1.36 bits per heavy atom. The zero-order chi connectivity index (χ0) is 19.5. The number of aromatic nitrogens is 2. The number of benzene rings is 1. The maximum Gasteiger partial charge on any atom is 0.270 e. The highest BCUT2D eigenvalue weighted by atomic mass is 32.1. The number of likely N-dealkylation sites (tertiary alicyclic amines) is 1. The first-order valence-electron chi connectivity index (χ1n) is 9.66. The van der Waals surface area contributed by atoms with E-state index < -0.39 is 0 Å². The standard InChI is InChI=1S/C21H24N4O2S/c1-14(26)22-9-8-17-13-28-20(23-17)16-6-4-10-25(12-16)21(27)19-11-15-5-2-3-7-18(15)24-19/h2-3,5,7,11,13,16,24H,4,6,8-10,12H2,1H3,(H,22,26)/t16-/m0/s1. The third-order valence-corrected chi connectivity index (χ3v) is 6.20. The molecule has 1 atom stereocenters. The quantitative estimate of drug-likeness (QED) is 0.694. The van der Waals surface area contributed by atoms with Crippen LogP contribution in [0.5, 0.6) is 0 Å². The Bertz CT molecular complexity index is 960. The topological polar surface area (TPSA) is 78.1 Å². The fourth-order valence-corrected chi connectivity index (χ4v) is 4.70. The maximum absolute atomic E-state index is 13.0. The smallest absolute Gasteiger partial charge is 0.270 e. The summed E-state index contributed by atoms with van der Waals surface area (Å²) >= 11 is 1.66. The molecule has 2 amide bonds. The van der Waals surface area contributed by atoms with Crippen LogP contribution < -0.4 is 5.32 Å². The molecular formula is C21H24N4O2S. The van der Waals surface area contributed by atoms with Crippen LogP contribution in [0, 0.1) is 0 Å². The highest BCUT2D eigenvalue weighted by Gasteiger charge is 2.28. The minimum absolute atomic E-state index is 0.0196. The van der Waals surface area contributed by atoms with E-state index in [1.165, 1.54) is 6.92 Å². The number of hydrogen-bond donors (Lipinski definition) is 2. The molecule has 6 nitrogen and oxygen atoms in total. The number of fused-ring (bicyclic) bond motifs is 1. The van der Waals surface area contributed by atoms with Crippen LogP contribution >= 0.6 is 11.3 Å². The highest BCUT2D eigenvalue weighted by molar-refractivity contribution is 7.09. The molecule has 1 aromatic carbocycles. The van der Waals surface area contributed by atoms with Crippen molar-refractivity contribution in [1.29, 1.82) is 0 Å². The van der Waals surface area contributed by atoms with Crippen molar-refractivity contribution in [2.75, 3.05) is 19.6 Å². The van der Waals surface area contributed by atoms with Gasteiger partial charge in [0.25, 0.3) is 5.91 Å². The normalized spacial score (nSPS) is 17.0. The Balaban J connectivity index is 1.42. The predicted octanol–water partition coefficient (Wildman–Crippen LogP) is 3.32. The van der Waals surface area contributed by atoms with Gasteiger partial charge in [0.05, 0.1) is 10.7 Å². The number of aromatic amines is 1. The van der Waals surface area contributed by atoms with Crippen molar-refractivity contribution < 1.29 is 9.59 Å². The number of amides is 2. The van der Waals surface area contributed by atoms with Gasteiger partial charge in [0, 0.05) is 55.2 Å². The second-order valence-electron chi connectivity index (χ2n) is 7.27. The molecule has 2 aromatic heterocycles. The SMILES string of the molecule is CC(=O)NCCc1csc([C@H]2CCCN(C(=O)c3cc4ccccc4[nH]3)C2)n1. The lowest BCUT2D eigenvalue weighted by Crippen LogP contribution is -2.39. The van der Waals surface area contributed by atoms with Crippen LogP contribution in [0.3, 0.4) is 0 Å². The summed E-state index contributed by atoms with van der Waals surface area (Å²) in [6.07, 6.45) is 2.77. The van der Waals surface area contributed by atoms with Crippen LogP contribution in [0.15, 0.2) is 35.7 Å². The third kappa shape index (κ3) is 4.09. The fraction of sp³-hybridized carbons (Fsp3) is 0.381. The van der Waals surface area contributed by atoms with E-state index in [0.29, 0.717) is 18.8 Å². The molecule has 4 rings (SSSR count). The number of H-pyrrole nitrogens is 1. The van der Waals surface area contributed by atoms with E-state index in [4.69, 9.17) is 4.98 Å². The molecule has 0 saturated carbocycles. The van der Waals surface area contributed by atoms with Crippen LogP contribution in [-0.2, 0) is 11.2 Å². The first-order chi connectivity index (χ1) is 13.6.